The Balaban J connectivity index is 3.18. The van der Waals surface area contributed by atoms with E-state index in [1.807, 2.05) is 0 Å². The zero-order chi connectivity index (χ0) is 15.3. The lowest BCUT2D eigenvalue weighted by Gasteiger charge is -2.42. The van der Waals surface area contributed by atoms with Gasteiger partial charge < -0.3 is 4.43 Å². The normalized spacial score (nSPS) is 13.4. The zero-order valence-electron chi connectivity index (χ0n) is 13.2. The van der Waals surface area contributed by atoms with Gasteiger partial charge in [-0.15, -0.1) is 0 Å². The van der Waals surface area contributed by atoms with Crippen LogP contribution in [-0.2, 0) is 4.43 Å². The summed E-state index contributed by atoms with van der Waals surface area (Å²) >= 11 is 5.98. The molecule has 0 aliphatic rings. The predicted molar refractivity (Wildman–Crippen MR) is 88.0 cm³/mol. The summed E-state index contributed by atoms with van der Waals surface area (Å²) < 4.78 is 6.50. The van der Waals surface area contributed by atoms with Gasteiger partial charge in [0.2, 0.25) is 0 Å². The Bertz CT molecular complexity index is 425. The van der Waals surface area contributed by atoms with E-state index in [1.54, 1.807) is 18.5 Å². The van der Waals surface area contributed by atoms with Crippen LogP contribution in [0, 0.1) is 0 Å². The van der Waals surface area contributed by atoms with Crippen LogP contribution in [0.3, 0.4) is 0 Å². The first kappa shape index (κ1) is 17.2. The topological polar surface area (TPSA) is 35.0 Å². The van der Waals surface area contributed by atoms with E-state index in [0.717, 1.165) is 0 Å². The molecule has 0 spiro atoms. The van der Waals surface area contributed by atoms with E-state index in [0.29, 0.717) is 28.2 Å². The van der Waals surface area contributed by atoms with Gasteiger partial charge in [0.05, 0.1) is 0 Å². The second kappa shape index (κ2) is 7.23. The second-order valence-corrected chi connectivity index (χ2v) is 11.6. The van der Waals surface area contributed by atoms with Crippen molar-refractivity contribution in [3.63, 3.8) is 0 Å². The van der Waals surface area contributed by atoms with Crippen LogP contribution < -0.4 is 0 Å². The van der Waals surface area contributed by atoms with Crippen molar-refractivity contribution in [1.82, 2.24) is 9.97 Å². The third-order valence-corrected chi connectivity index (χ3v) is 10.1. The van der Waals surface area contributed by atoms with Crippen molar-refractivity contribution in [2.75, 3.05) is 0 Å². The fourth-order valence-electron chi connectivity index (χ4n) is 3.09. The van der Waals surface area contributed by atoms with Gasteiger partial charge in [-0.1, -0.05) is 53.1 Å². The maximum atomic E-state index is 6.50. The summed E-state index contributed by atoms with van der Waals surface area (Å²) in [6, 6.07) is 1.79. The minimum Gasteiger partial charge on any atom is -0.540 e. The van der Waals surface area contributed by atoms with Gasteiger partial charge in [0.25, 0.3) is 8.32 Å². The van der Waals surface area contributed by atoms with Crippen LogP contribution in [0.2, 0.25) is 16.6 Å². The van der Waals surface area contributed by atoms with Crippen molar-refractivity contribution in [2.45, 2.75) is 58.2 Å². The fourth-order valence-corrected chi connectivity index (χ4v) is 8.54. The van der Waals surface area contributed by atoms with Crippen LogP contribution in [0.1, 0.15) is 47.4 Å². The molecule has 0 atom stereocenters. The van der Waals surface area contributed by atoms with Crippen LogP contribution >= 0.6 is 11.6 Å². The highest BCUT2D eigenvalue weighted by atomic mass is 35.5. The second-order valence-electron chi connectivity index (χ2n) is 5.97. The van der Waals surface area contributed by atoms with E-state index >= 15 is 0 Å². The zero-order valence-corrected chi connectivity index (χ0v) is 15.0. The Morgan fingerprint density at radius 3 is 1.85 bits per heavy atom. The molecule has 0 amide bonds. The van der Waals surface area contributed by atoms with E-state index in [-0.39, 0.29) is 0 Å². The Morgan fingerprint density at radius 2 is 1.50 bits per heavy atom. The molecule has 0 bridgehead atoms. The highest BCUT2D eigenvalue weighted by Gasteiger charge is 2.47. The molecule has 0 N–H and O–H groups in total. The van der Waals surface area contributed by atoms with Gasteiger partial charge in [0.1, 0.15) is 0 Å². The van der Waals surface area contributed by atoms with E-state index < -0.39 is 8.32 Å². The SMILES string of the molecule is CC(C)[Si](OC(=CCl)c1ncccn1)(C(C)C)C(C)C. The quantitative estimate of drug-likeness (QED) is 0.534. The number of rotatable bonds is 6. The molecule has 0 aromatic carbocycles. The van der Waals surface area contributed by atoms with Crippen molar-refractivity contribution in [3.8, 4) is 0 Å². The van der Waals surface area contributed by atoms with Crippen molar-refractivity contribution >= 4 is 25.7 Å². The van der Waals surface area contributed by atoms with Gasteiger partial charge in [-0.3, -0.25) is 0 Å². The first-order chi connectivity index (χ1) is 9.36. The smallest absolute Gasteiger partial charge is 0.258 e. The minimum absolute atomic E-state index is 0.484. The number of aromatic nitrogens is 2. The van der Waals surface area contributed by atoms with Crippen LogP contribution in [0.5, 0.6) is 0 Å². The summed E-state index contributed by atoms with van der Waals surface area (Å²) in [4.78, 5) is 8.49. The van der Waals surface area contributed by atoms with Crippen LogP contribution in [-0.4, -0.2) is 18.3 Å². The lowest BCUT2D eigenvalue weighted by Crippen LogP contribution is -2.47. The molecule has 112 valence electrons. The third-order valence-electron chi connectivity index (χ3n) is 3.88. The summed E-state index contributed by atoms with van der Waals surface area (Å²) in [6.07, 6.45) is 3.41. The first-order valence-electron chi connectivity index (χ1n) is 7.13. The molecule has 1 heterocycles. The number of halogens is 1. The van der Waals surface area contributed by atoms with Crippen molar-refractivity contribution in [2.24, 2.45) is 0 Å². The molecule has 0 aliphatic carbocycles. The lowest BCUT2D eigenvalue weighted by atomic mass is 10.5. The number of hydrogen-bond acceptors (Lipinski definition) is 3. The highest BCUT2D eigenvalue weighted by Crippen LogP contribution is 2.44. The molecule has 20 heavy (non-hydrogen) atoms. The third kappa shape index (κ3) is 3.41. The standard InChI is InChI=1S/C15H25ClN2OSi/c1-11(2)20(12(3)4,13(5)6)19-14(10-16)15-17-8-7-9-18-15/h7-13H,1-6H3. The monoisotopic (exact) mass is 312 g/mol. The van der Waals surface area contributed by atoms with E-state index in [4.69, 9.17) is 16.0 Å². The molecule has 0 radical (unpaired) electrons. The van der Waals surface area contributed by atoms with Crippen LogP contribution in [0.25, 0.3) is 5.76 Å². The summed E-state index contributed by atoms with van der Waals surface area (Å²) in [5.41, 5.74) is 2.91. The number of hydrogen-bond donors (Lipinski definition) is 0. The molecule has 3 nitrogen and oxygen atoms in total. The first-order valence-corrected chi connectivity index (χ1v) is 9.70. The van der Waals surface area contributed by atoms with Gasteiger partial charge in [-0.25, -0.2) is 9.97 Å². The summed E-state index contributed by atoms with van der Waals surface area (Å²) in [5, 5.41) is 0. The molecular formula is C15H25ClN2OSi. The average molecular weight is 313 g/mol. The fraction of sp³-hybridized carbons (Fsp3) is 0.600. The van der Waals surface area contributed by atoms with Gasteiger partial charge in [-0.05, 0) is 22.7 Å². The van der Waals surface area contributed by atoms with Crippen LogP contribution in [0.4, 0.5) is 0 Å². The molecule has 0 unspecified atom stereocenters. The van der Waals surface area contributed by atoms with Crippen LogP contribution in [0.15, 0.2) is 24.0 Å². The molecular weight excluding hydrogens is 288 g/mol. The Kier molecular flexibility index (Phi) is 6.21. The molecule has 0 saturated heterocycles. The molecule has 1 aromatic rings. The minimum atomic E-state index is -2.03. The largest absolute Gasteiger partial charge is 0.540 e. The summed E-state index contributed by atoms with van der Waals surface area (Å²) in [5.74, 6) is 1.15. The van der Waals surface area contributed by atoms with Crippen molar-refractivity contribution in [3.05, 3.63) is 29.8 Å². The maximum Gasteiger partial charge on any atom is 0.258 e. The summed E-state index contributed by atoms with van der Waals surface area (Å²) in [7, 11) is -2.03. The summed E-state index contributed by atoms with van der Waals surface area (Å²) in [6.45, 7) is 13.4. The number of nitrogens with zero attached hydrogens (tertiary/aromatic N) is 2. The predicted octanol–water partition coefficient (Wildman–Crippen LogP) is 5.21. The average Bonchev–Trinajstić information content (AvgIpc) is 2.39. The molecule has 0 fully saturated rings. The molecule has 1 aromatic heterocycles. The van der Waals surface area contributed by atoms with E-state index in [9.17, 15) is 0 Å². The maximum absolute atomic E-state index is 6.50. The highest BCUT2D eigenvalue weighted by molar-refractivity contribution is 6.78. The van der Waals surface area contributed by atoms with Gasteiger partial charge >= 0.3 is 0 Å². The van der Waals surface area contributed by atoms with Crippen molar-refractivity contribution < 1.29 is 4.43 Å². The lowest BCUT2D eigenvalue weighted by molar-refractivity contribution is 0.440. The van der Waals surface area contributed by atoms with E-state index in [1.165, 1.54) is 5.54 Å². The molecule has 5 heteroatoms. The molecule has 0 saturated carbocycles. The van der Waals surface area contributed by atoms with E-state index in [2.05, 4.69) is 51.5 Å². The molecule has 1 rings (SSSR count). The Morgan fingerprint density at radius 1 is 1.05 bits per heavy atom. The Hall–Kier alpha value is -0.873. The Labute approximate surface area is 128 Å². The van der Waals surface area contributed by atoms with Gasteiger partial charge in [-0.2, -0.15) is 0 Å². The van der Waals surface area contributed by atoms with Gasteiger partial charge in [0.15, 0.2) is 11.6 Å². The van der Waals surface area contributed by atoms with Crippen molar-refractivity contribution in [1.29, 1.82) is 0 Å². The molecule has 0 aliphatic heterocycles. The van der Waals surface area contributed by atoms with Gasteiger partial charge in [0, 0.05) is 17.9 Å².